The molecule has 0 atom stereocenters. The lowest BCUT2D eigenvalue weighted by Crippen LogP contribution is -2.37. The first-order valence-electron chi connectivity index (χ1n) is 5.91. The number of para-hydroxylation sites is 1. The number of carbonyl (C=O) groups excluding carboxylic acids is 1. The van der Waals surface area contributed by atoms with Gasteiger partial charge in [-0.2, -0.15) is 0 Å². The van der Waals surface area contributed by atoms with Crippen LogP contribution in [-0.2, 0) is 4.79 Å². The molecule has 1 N–H and O–H groups in total. The summed E-state index contributed by atoms with van der Waals surface area (Å²) in [4.78, 5) is 15.3. The average molecular weight is 250 g/mol. The number of nitrogens with zero attached hydrogens (tertiary/aromatic N) is 1. The highest BCUT2D eigenvalue weighted by Gasteiger charge is 2.23. The maximum Gasteiger partial charge on any atom is 0.228 e. The zero-order chi connectivity index (χ0) is 12.3. The summed E-state index contributed by atoms with van der Waals surface area (Å²) in [5.41, 5.74) is 2.30. The Kier molecular flexibility index (Phi) is 4.07. The second kappa shape index (κ2) is 5.56. The molecule has 1 aliphatic heterocycles. The molecule has 0 aromatic heterocycles. The Balaban J connectivity index is 2.25. The minimum absolute atomic E-state index is 0.218. The number of hydrogen-bond donors (Lipinski definition) is 1. The van der Waals surface area contributed by atoms with Gasteiger partial charge >= 0.3 is 0 Å². The van der Waals surface area contributed by atoms with Crippen LogP contribution in [-0.4, -0.2) is 31.8 Å². The van der Waals surface area contributed by atoms with Crippen LogP contribution in [0.1, 0.15) is 12.0 Å². The minimum Gasteiger partial charge on any atom is -0.319 e. The molecule has 1 amide bonds. The van der Waals surface area contributed by atoms with Gasteiger partial charge in [-0.05, 0) is 25.6 Å². The summed E-state index contributed by atoms with van der Waals surface area (Å²) < 4.78 is 0. The van der Waals surface area contributed by atoms with Crippen molar-refractivity contribution >= 4 is 23.4 Å². The van der Waals surface area contributed by atoms with Crippen LogP contribution in [0, 0.1) is 6.92 Å². The second-order valence-corrected chi connectivity index (χ2v) is 5.31. The third-order valence-corrected chi connectivity index (χ3v) is 3.96. The van der Waals surface area contributed by atoms with Gasteiger partial charge in [0.05, 0.1) is 5.69 Å². The third-order valence-electron chi connectivity index (χ3n) is 2.93. The zero-order valence-electron chi connectivity index (χ0n) is 10.3. The maximum absolute atomic E-state index is 12.1. The highest BCUT2D eigenvalue weighted by molar-refractivity contribution is 7.99. The summed E-state index contributed by atoms with van der Waals surface area (Å²) >= 11 is 1.84. The Labute approximate surface area is 107 Å². The molecule has 0 fully saturated rings. The highest BCUT2D eigenvalue weighted by Crippen LogP contribution is 2.37. The van der Waals surface area contributed by atoms with E-state index in [0.717, 1.165) is 24.5 Å². The molecule has 0 spiro atoms. The number of benzene rings is 1. The highest BCUT2D eigenvalue weighted by atomic mass is 32.2. The largest absolute Gasteiger partial charge is 0.319 e. The lowest BCUT2D eigenvalue weighted by molar-refractivity contribution is -0.118. The second-order valence-electron chi connectivity index (χ2n) is 4.17. The maximum atomic E-state index is 12.1. The Bertz CT molecular complexity index is 420. The van der Waals surface area contributed by atoms with E-state index in [2.05, 4.69) is 30.4 Å². The lowest BCUT2D eigenvalue weighted by Gasteiger charge is -2.30. The Morgan fingerprint density at radius 3 is 3.12 bits per heavy atom. The number of nitrogens with one attached hydrogen (secondary N) is 1. The zero-order valence-corrected chi connectivity index (χ0v) is 11.1. The van der Waals surface area contributed by atoms with Crippen molar-refractivity contribution in [3.05, 3.63) is 23.8 Å². The van der Waals surface area contributed by atoms with E-state index in [1.54, 1.807) is 0 Å². The quantitative estimate of drug-likeness (QED) is 0.891. The van der Waals surface area contributed by atoms with Crippen molar-refractivity contribution in [1.82, 2.24) is 5.32 Å². The predicted molar refractivity (Wildman–Crippen MR) is 72.8 cm³/mol. The van der Waals surface area contributed by atoms with Crippen molar-refractivity contribution in [2.45, 2.75) is 18.2 Å². The van der Waals surface area contributed by atoms with Crippen LogP contribution in [0.3, 0.4) is 0 Å². The first-order chi connectivity index (χ1) is 8.24. The van der Waals surface area contributed by atoms with Gasteiger partial charge in [-0.15, -0.1) is 11.8 Å². The molecule has 1 aliphatic rings. The summed E-state index contributed by atoms with van der Waals surface area (Å²) in [6.45, 7) is 3.64. The van der Waals surface area contributed by atoms with Gasteiger partial charge in [0.15, 0.2) is 0 Å². The number of carbonyl (C=O) groups is 1. The molecule has 0 unspecified atom stereocenters. The van der Waals surface area contributed by atoms with Crippen molar-refractivity contribution in [2.75, 3.05) is 30.8 Å². The Hall–Kier alpha value is -1.00. The van der Waals surface area contributed by atoms with Gasteiger partial charge in [0.1, 0.15) is 0 Å². The summed E-state index contributed by atoms with van der Waals surface area (Å²) in [5.74, 6) is 1.21. The monoisotopic (exact) mass is 250 g/mol. The SMILES string of the molecule is CNCCC(=O)N1CCSc2cccc(C)c21. The number of fused-ring (bicyclic) bond motifs is 1. The van der Waals surface area contributed by atoms with E-state index >= 15 is 0 Å². The van der Waals surface area contributed by atoms with Gasteiger partial charge in [-0.1, -0.05) is 12.1 Å². The molecule has 17 heavy (non-hydrogen) atoms. The molecule has 0 bridgehead atoms. The van der Waals surface area contributed by atoms with Crippen molar-refractivity contribution in [2.24, 2.45) is 0 Å². The lowest BCUT2D eigenvalue weighted by atomic mass is 10.1. The minimum atomic E-state index is 0.218. The molecule has 0 saturated heterocycles. The summed E-state index contributed by atoms with van der Waals surface area (Å²) in [5, 5.41) is 3.02. The molecule has 92 valence electrons. The van der Waals surface area contributed by atoms with E-state index < -0.39 is 0 Å². The fourth-order valence-electron chi connectivity index (χ4n) is 2.07. The number of rotatable bonds is 3. The van der Waals surface area contributed by atoms with Crippen LogP contribution < -0.4 is 10.2 Å². The molecule has 0 radical (unpaired) electrons. The number of anilines is 1. The van der Waals surface area contributed by atoms with Gasteiger partial charge in [0.2, 0.25) is 5.91 Å². The van der Waals surface area contributed by atoms with E-state index in [0.29, 0.717) is 6.42 Å². The molecule has 2 rings (SSSR count). The smallest absolute Gasteiger partial charge is 0.228 e. The summed E-state index contributed by atoms with van der Waals surface area (Å²) in [6, 6.07) is 6.23. The van der Waals surface area contributed by atoms with Crippen molar-refractivity contribution < 1.29 is 4.79 Å². The fourth-order valence-corrected chi connectivity index (χ4v) is 3.15. The van der Waals surface area contributed by atoms with Crippen LogP contribution in [0.25, 0.3) is 0 Å². The first-order valence-corrected chi connectivity index (χ1v) is 6.90. The normalized spacial score (nSPS) is 14.6. The number of aryl methyl sites for hydroxylation is 1. The van der Waals surface area contributed by atoms with Gasteiger partial charge in [0.25, 0.3) is 0 Å². The topological polar surface area (TPSA) is 32.3 Å². The van der Waals surface area contributed by atoms with Crippen LogP contribution in [0.2, 0.25) is 0 Å². The molecular weight excluding hydrogens is 232 g/mol. The van der Waals surface area contributed by atoms with Gasteiger partial charge < -0.3 is 10.2 Å². The molecule has 1 aromatic carbocycles. The molecular formula is C13H18N2OS. The van der Waals surface area contributed by atoms with Crippen LogP contribution in [0.15, 0.2) is 23.1 Å². The standard InChI is InChI=1S/C13H18N2OS/c1-10-4-3-5-11-13(10)15(8-9-17-11)12(16)6-7-14-2/h3-5,14H,6-9H2,1-2H3. The van der Waals surface area contributed by atoms with Gasteiger partial charge in [-0.25, -0.2) is 0 Å². The first kappa shape index (κ1) is 12.5. The Morgan fingerprint density at radius 2 is 2.35 bits per heavy atom. The fraction of sp³-hybridized carbons (Fsp3) is 0.462. The van der Waals surface area contributed by atoms with Crippen molar-refractivity contribution in [1.29, 1.82) is 0 Å². The molecule has 3 nitrogen and oxygen atoms in total. The van der Waals surface area contributed by atoms with Gasteiger partial charge in [0, 0.05) is 30.2 Å². The van der Waals surface area contributed by atoms with Crippen molar-refractivity contribution in [3.8, 4) is 0 Å². The van der Waals surface area contributed by atoms with Crippen LogP contribution in [0.4, 0.5) is 5.69 Å². The Morgan fingerprint density at radius 1 is 1.53 bits per heavy atom. The predicted octanol–water partition coefficient (Wildman–Crippen LogP) is 2.04. The van der Waals surface area contributed by atoms with E-state index in [-0.39, 0.29) is 5.91 Å². The number of thioether (sulfide) groups is 1. The number of amides is 1. The summed E-state index contributed by atoms with van der Waals surface area (Å²) in [6.07, 6.45) is 0.564. The molecule has 4 heteroatoms. The summed E-state index contributed by atoms with van der Waals surface area (Å²) in [7, 11) is 1.87. The van der Waals surface area contributed by atoms with E-state index in [1.165, 1.54) is 10.5 Å². The van der Waals surface area contributed by atoms with E-state index in [4.69, 9.17) is 0 Å². The average Bonchev–Trinajstić information content (AvgIpc) is 2.35. The molecule has 0 aliphatic carbocycles. The number of hydrogen-bond acceptors (Lipinski definition) is 3. The van der Waals surface area contributed by atoms with Gasteiger partial charge in [-0.3, -0.25) is 4.79 Å². The van der Waals surface area contributed by atoms with Crippen molar-refractivity contribution in [3.63, 3.8) is 0 Å². The van der Waals surface area contributed by atoms with Crippen LogP contribution in [0.5, 0.6) is 0 Å². The molecule has 0 saturated carbocycles. The van der Waals surface area contributed by atoms with E-state index in [1.807, 2.05) is 23.7 Å². The molecule has 1 heterocycles. The molecule has 1 aromatic rings. The van der Waals surface area contributed by atoms with E-state index in [9.17, 15) is 4.79 Å². The third kappa shape index (κ3) is 2.64. The van der Waals surface area contributed by atoms with Crippen LogP contribution >= 0.6 is 11.8 Å².